The van der Waals surface area contributed by atoms with Crippen LogP contribution in [0.15, 0.2) is 80.3 Å². The van der Waals surface area contributed by atoms with E-state index in [0.29, 0.717) is 48.4 Å². The number of carbonyl (C=O) groups is 1. The summed E-state index contributed by atoms with van der Waals surface area (Å²) in [6, 6.07) is 7.75. The molecule has 0 spiro atoms. The summed E-state index contributed by atoms with van der Waals surface area (Å²) >= 11 is 0. The van der Waals surface area contributed by atoms with Crippen LogP contribution in [-0.4, -0.2) is 59.8 Å². The predicted octanol–water partition coefficient (Wildman–Crippen LogP) is 0.349. The zero-order valence-electron chi connectivity index (χ0n) is 21.4. The van der Waals surface area contributed by atoms with Crippen LogP contribution in [0.3, 0.4) is 0 Å². The lowest BCUT2D eigenvalue weighted by molar-refractivity contribution is -0.409. The van der Waals surface area contributed by atoms with Gasteiger partial charge >= 0.3 is 5.96 Å². The summed E-state index contributed by atoms with van der Waals surface area (Å²) in [5, 5.41) is 22.0. The van der Waals surface area contributed by atoms with Crippen LogP contribution < -0.4 is 27.0 Å². The van der Waals surface area contributed by atoms with Crippen molar-refractivity contribution in [3.8, 4) is 0 Å². The second kappa shape index (κ2) is 11.7. The molecule has 0 radical (unpaired) electrons. The number of allylic oxidation sites excluding steroid dienone is 1. The fraction of sp³-hybridized carbons (Fsp3) is 0.370. The van der Waals surface area contributed by atoms with Crippen LogP contribution in [0.5, 0.6) is 0 Å². The van der Waals surface area contributed by atoms with Gasteiger partial charge in [-0.05, 0) is 56.2 Å². The standard InChI is InChI=1S/C27H33N9O2/c1-36-15-22(16-36)30-25(38)17-7-4-8-19(12-17)31-26-33-24-18(14-28)6-2-3-11-23(37)29-20-9-5-10-21(13-20)32-27(34-24)35-26/h4-5,7-8,10,12,14,22,25,30,38H,2-3,6,11,13,15-16,28H2,1H3,(H,29,37)(H2,31,32,33,34,35)/p+1. The topological polar surface area (TPSA) is 156 Å². The highest BCUT2D eigenvalue weighted by Crippen LogP contribution is 2.21. The van der Waals surface area contributed by atoms with Gasteiger partial charge in [0.05, 0.1) is 11.4 Å². The van der Waals surface area contributed by atoms with E-state index in [1.807, 2.05) is 35.7 Å². The van der Waals surface area contributed by atoms with E-state index < -0.39 is 6.23 Å². The van der Waals surface area contributed by atoms with Gasteiger partial charge in [-0.25, -0.2) is 5.32 Å². The number of carbonyl (C=O) groups excluding carboxylic acids is 1. The van der Waals surface area contributed by atoms with Crippen LogP contribution in [0.25, 0.3) is 0 Å². The molecule has 0 saturated carbocycles. The van der Waals surface area contributed by atoms with Crippen molar-refractivity contribution in [1.82, 2.24) is 20.9 Å². The van der Waals surface area contributed by atoms with Crippen molar-refractivity contribution in [3.63, 3.8) is 0 Å². The number of quaternary nitrogens is 1. The number of aliphatic hydroxyl groups excluding tert-OH is 1. The van der Waals surface area contributed by atoms with Gasteiger partial charge in [0.2, 0.25) is 17.7 Å². The van der Waals surface area contributed by atoms with Gasteiger partial charge in [-0.3, -0.25) is 10.1 Å². The molecule has 1 aromatic carbocycles. The molecule has 1 atom stereocenters. The van der Waals surface area contributed by atoms with Crippen molar-refractivity contribution >= 4 is 29.3 Å². The SMILES string of the molecule is CN1CC(NC(O)c2cccc(N=C3N=C4N=C([NH2+]3)C(=CN)CCCCC(=O)NC3=C=CC=C(C3)N4)c2)C1. The zero-order valence-corrected chi connectivity index (χ0v) is 21.4. The van der Waals surface area contributed by atoms with Gasteiger partial charge in [0.25, 0.3) is 0 Å². The highest BCUT2D eigenvalue weighted by Gasteiger charge is 2.26. The number of amidine groups is 1. The Labute approximate surface area is 221 Å². The van der Waals surface area contributed by atoms with Gasteiger partial charge in [-0.1, -0.05) is 17.9 Å². The summed E-state index contributed by atoms with van der Waals surface area (Å²) in [5.74, 6) is 1.52. The Morgan fingerprint density at radius 2 is 2.13 bits per heavy atom. The van der Waals surface area contributed by atoms with Gasteiger partial charge in [0.15, 0.2) is 0 Å². The Bertz CT molecular complexity index is 1310. The molecule has 1 aromatic rings. The maximum absolute atomic E-state index is 12.3. The van der Waals surface area contributed by atoms with E-state index in [-0.39, 0.29) is 11.9 Å². The molecule has 1 unspecified atom stereocenters. The second-order valence-corrected chi connectivity index (χ2v) is 9.86. The molecule has 1 saturated heterocycles. The first-order valence-electron chi connectivity index (χ1n) is 12.9. The molecule has 198 valence electrons. The summed E-state index contributed by atoms with van der Waals surface area (Å²) in [7, 11) is 2.05. The Morgan fingerprint density at radius 3 is 2.95 bits per heavy atom. The van der Waals surface area contributed by atoms with Gasteiger partial charge in [-0.2, -0.15) is 9.98 Å². The van der Waals surface area contributed by atoms with Crippen molar-refractivity contribution in [2.45, 2.75) is 44.4 Å². The fourth-order valence-corrected chi connectivity index (χ4v) is 4.71. The number of nitrogens with zero attached hydrogens (tertiary/aromatic N) is 4. The summed E-state index contributed by atoms with van der Waals surface area (Å²) in [4.78, 5) is 28.6. The summed E-state index contributed by atoms with van der Waals surface area (Å²) in [6.45, 7) is 1.82. The first-order valence-corrected chi connectivity index (χ1v) is 12.9. The number of hydrogen-bond acceptors (Lipinski definition) is 8. The van der Waals surface area contributed by atoms with E-state index in [0.717, 1.165) is 42.8 Å². The Kier molecular flexibility index (Phi) is 7.92. The van der Waals surface area contributed by atoms with E-state index in [9.17, 15) is 9.90 Å². The van der Waals surface area contributed by atoms with Crippen molar-refractivity contribution in [3.05, 3.63) is 70.9 Å². The Hall–Kier alpha value is -3.86. The van der Waals surface area contributed by atoms with Crippen LogP contribution >= 0.6 is 0 Å². The van der Waals surface area contributed by atoms with Crippen LogP contribution in [-0.2, 0) is 4.79 Å². The van der Waals surface area contributed by atoms with E-state index >= 15 is 0 Å². The molecule has 4 bridgehead atoms. The Balaban J connectivity index is 1.40. The smallest absolute Gasteiger partial charge is 0.335 e. The van der Waals surface area contributed by atoms with E-state index in [2.05, 4.69) is 38.6 Å². The van der Waals surface area contributed by atoms with E-state index in [1.54, 1.807) is 12.3 Å². The number of rotatable bonds is 4. The number of nitrogens with two attached hydrogens (primary N) is 2. The van der Waals surface area contributed by atoms with Gasteiger partial charge in [-0.15, -0.1) is 4.99 Å². The van der Waals surface area contributed by atoms with E-state index in [4.69, 9.17) is 15.7 Å². The molecule has 8 N–H and O–H groups in total. The van der Waals surface area contributed by atoms with Crippen molar-refractivity contribution < 1.29 is 15.2 Å². The molecule has 11 heteroatoms. The van der Waals surface area contributed by atoms with Crippen LogP contribution in [0.4, 0.5) is 5.69 Å². The molecule has 3 heterocycles. The molecular weight excluding hydrogens is 482 g/mol. The zero-order chi connectivity index (χ0) is 26.5. The fourth-order valence-electron chi connectivity index (χ4n) is 4.71. The summed E-state index contributed by atoms with van der Waals surface area (Å²) < 4.78 is 0. The van der Waals surface area contributed by atoms with Crippen LogP contribution in [0.1, 0.15) is 43.9 Å². The third-order valence-electron chi connectivity index (χ3n) is 6.70. The molecule has 5 rings (SSSR count). The number of guanidine groups is 2. The maximum atomic E-state index is 12.3. The summed E-state index contributed by atoms with van der Waals surface area (Å²) in [6.07, 6.45) is 7.54. The highest BCUT2D eigenvalue weighted by atomic mass is 16.3. The minimum absolute atomic E-state index is 0.0177. The van der Waals surface area contributed by atoms with Gasteiger partial charge in [0, 0.05) is 49.4 Å². The maximum Gasteiger partial charge on any atom is 0.335 e. The van der Waals surface area contributed by atoms with Gasteiger partial charge < -0.3 is 26.4 Å². The molecular formula is C27H34N9O2+. The van der Waals surface area contributed by atoms with Crippen LogP contribution in [0, 0.1) is 0 Å². The average molecular weight is 517 g/mol. The number of aliphatic imine (C=N–C) groups is 3. The monoisotopic (exact) mass is 516 g/mol. The van der Waals surface area contributed by atoms with Gasteiger partial charge in [0.1, 0.15) is 6.23 Å². The predicted molar refractivity (Wildman–Crippen MR) is 146 cm³/mol. The minimum Gasteiger partial charge on any atom is -0.404 e. The largest absolute Gasteiger partial charge is 0.404 e. The Morgan fingerprint density at radius 1 is 1.29 bits per heavy atom. The third-order valence-corrected chi connectivity index (χ3v) is 6.70. The number of fused-ring (bicyclic) bond motifs is 3. The number of likely N-dealkylation sites (tertiary alicyclic amines) is 1. The highest BCUT2D eigenvalue weighted by molar-refractivity contribution is 6.09. The molecule has 4 aliphatic rings. The second-order valence-electron chi connectivity index (χ2n) is 9.86. The lowest BCUT2D eigenvalue weighted by Crippen LogP contribution is -2.92. The third kappa shape index (κ3) is 6.52. The molecule has 1 fully saturated rings. The molecule has 11 nitrogen and oxygen atoms in total. The molecule has 38 heavy (non-hydrogen) atoms. The summed E-state index contributed by atoms with van der Waals surface area (Å²) in [5.41, 5.74) is 12.9. The van der Waals surface area contributed by atoms with Crippen molar-refractivity contribution in [1.29, 1.82) is 0 Å². The number of benzene rings is 1. The average Bonchev–Trinajstić information content (AvgIpc) is 2.87. The molecule has 0 aromatic heterocycles. The molecule has 3 aliphatic heterocycles. The number of hydrogen-bond donors (Lipinski definition) is 6. The quantitative estimate of drug-likeness (QED) is 0.251. The molecule has 1 amide bonds. The molecule has 1 aliphatic carbocycles. The first-order chi connectivity index (χ1) is 18.4. The van der Waals surface area contributed by atoms with Crippen molar-refractivity contribution in [2.75, 3.05) is 20.1 Å². The number of aliphatic hydroxyl groups is 1. The minimum atomic E-state index is -0.776. The number of likely N-dealkylation sites (N-methyl/N-ethyl adjacent to an activating group) is 1. The number of nitrogens with one attached hydrogen (secondary N) is 3. The normalized spacial score (nSPS) is 23.8. The van der Waals surface area contributed by atoms with E-state index in [1.165, 1.54) is 0 Å². The van der Waals surface area contributed by atoms with Crippen LogP contribution in [0.2, 0.25) is 0 Å². The number of amides is 1. The lowest BCUT2D eigenvalue weighted by Gasteiger charge is -2.38. The van der Waals surface area contributed by atoms with Crippen molar-refractivity contribution in [2.24, 2.45) is 20.7 Å². The lowest BCUT2D eigenvalue weighted by atomic mass is 10.1. The first kappa shape index (κ1) is 25.8.